The molecule has 1 nitrogen and oxygen atoms in total. The molecule has 0 spiro atoms. The van der Waals surface area contributed by atoms with Crippen LogP contribution in [-0.2, 0) is 5.41 Å². The van der Waals surface area contributed by atoms with E-state index in [0.717, 1.165) is 38.7 Å². The van der Waals surface area contributed by atoms with Crippen molar-refractivity contribution < 1.29 is 22.3 Å². The predicted octanol–water partition coefficient (Wildman–Crippen LogP) is 7.20. The van der Waals surface area contributed by atoms with E-state index < -0.39 is 17.4 Å². The Morgan fingerprint density at radius 1 is 0.880 bits per heavy atom. The monoisotopic (exact) mass is 362 g/mol. The molecule has 0 aliphatic heterocycles. The van der Waals surface area contributed by atoms with Gasteiger partial charge in [0.05, 0.1) is 0 Å². The van der Waals surface area contributed by atoms with Crippen LogP contribution >= 0.6 is 0 Å². The van der Waals surface area contributed by atoms with Gasteiger partial charge in [0, 0.05) is 5.41 Å². The van der Waals surface area contributed by atoms with Gasteiger partial charge in [0.15, 0.2) is 0 Å². The van der Waals surface area contributed by atoms with Crippen LogP contribution in [0.5, 0.6) is 5.75 Å². The largest absolute Gasteiger partial charge is 0.464 e. The summed E-state index contributed by atoms with van der Waals surface area (Å²) in [5.41, 5.74) is -1.01. The predicted molar refractivity (Wildman–Crippen MR) is 93.6 cm³/mol. The fraction of sp³-hybridized carbons (Fsp3) is 0.700. The molecule has 0 aromatic heterocycles. The van der Waals surface area contributed by atoms with Gasteiger partial charge in [-0.15, -0.1) is 0 Å². The summed E-state index contributed by atoms with van der Waals surface area (Å²) in [5.74, 6) is -4.54. The maximum absolute atomic E-state index is 14.2. The highest BCUT2D eigenvalue weighted by Crippen LogP contribution is 2.49. The molecule has 0 bridgehead atoms. The van der Waals surface area contributed by atoms with E-state index in [9.17, 15) is 17.6 Å². The first-order valence-electron chi connectivity index (χ1n) is 8.86. The van der Waals surface area contributed by atoms with Crippen molar-refractivity contribution in [3.05, 3.63) is 29.8 Å². The molecule has 25 heavy (non-hydrogen) atoms. The highest BCUT2D eigenvalue weighted by Gasteiger charge is 2.66. The van der Waals surface area contributed by atoms with Gasteiger partial charge in [-0.3, -0.25) is 0 Å². The van der Waals surface area contributed by atoms with E-state index in [0.29, 0.717) is 0 Å². The molecule has 0 fully saturated rings. The lowest BCUT2D eigenvalue weighted by molar-refractivity contribution is -0.343. The Balaban J connectivity index is 2.97. The number of rotatable bonds is 9. The summed E-state index contributed by atoms with van der Waals surface area (Å²) in [7, 11) is 0. The molecule has 1 rings (SSSR count). The Bertz CT molecular complexity index is 547. The molecule has 144 valence electrons. The third kappa shape index (κ3) is 4.68. The molecule has 1 aromatic rings. The summed E-state index contributed by atoms with van der Waals surface area (Å²) in [6.07, 6.45) is -1.58. The zero-order valence-electron chi connectivity index (χ0n) is 16.1. The maximum atomic E-state index is 14.2. The zero-order chi connectivity index (χ0) is 19.5. The molecule has 0 atom stereocenters. The second kappa shape index (κ2) is 7.55. The molecule has 0 saturated carbocycles. The molecular formula is C20H30F4O. The highest BCUT2D eigenvalue weighted by molar-refractivity contribution is 5.32. The topological polar surface area (TPSA) is 9.23 Å². The van der Waals surface area contributed by atoms with Crippen LogP contribution in [0.2, 0.25) is 0 Å². The minimum atomic E-state index is -4.58. The molecular weight excluding hydrogens is 332 g/mol. The lowest BCUT2D eigenvalue weighted by atomic mass is 9.80. The number of hydrogen-bond donors (Lipinski definition) is 0. The van der Waals surface area contributed by atoms with E-state index in [4.69, 9.17) is 0 Å². The van der Waals surface area contributed by atoms with E-state index >= 15 is 0 Å². The Hall–Kier alpha value is -1.26. The smallest absolute Gasteiger partial charge is 0.428 e. The van der Waals surface area contributed by atoms with Crippen molar-refractivity contribution >= 4 is 0 Å². The molecule has 0 N–H and O–H groups in total. The normalized spacial score (nSPS) is 13.8. The number of ether oxygens (including phenoxy) is 1. The summed E-state index contributed by atoms with van der Waals surface area (Å²) in [4.78, 5) is 0. The van der Waals surface area contributed by atoms with E-state index in [1.54, 1.807) is 12.1 Å². The third-order valence-electron chi connectivity index (χ3n) is 5.14. The van der Waals surface area contributed by atoms with Crippen molar-refractivity contribution in [3.63, 3.8) is 0 Å². The van der Waals surface area contributed by atoms with Crippen molar-refractivity contribution in [3.8, 4) is 5.75 Å². The highest BCUT2D eigenvalue weighted by atomic mass is 19.3. The van der Waals surface area contributed by atoms with E-state index in [-0.39, 0.29) is 17.6 Å². The Kier molecular flexibility index (Phi) is 6.57. The maximum Gasteiger partial charge on any atom is 0.464 e. The Morgan fingerprint density at radius 3 is 1.84 bits per heavy atom. The van der Waals surface area contributed by atoms with E-state index in [1.807, 2.05) is 0 Å². The van der Waals surface area contributed by atoms with Gasteiger partial charge >= 0.3 is 12.0 Å². The second-order valence-electron chi connectivity index (χ2n) is 7.94. The number of alkyl halides is 4. The van der Waals surface area contributed by atoms with Gasteiger partial charge in [0.2, 0.25) is 0 Å². The average molecular weight is 362 g/mol. The van der Waals surface area contributed by atoms with Crippen molar-refractivity contribution in [2.75, 3.05) is 0 Å². The molecule has 5 heteroatoms. The number of halogens is 4. The lowest BCUT2D eigenvalue weighted by Crippen LogP contribution is -2.54. The Labute approximate surface area is 148 Å². The van der Waals surface area contributed by atoms with Gasteiger partial charge in [-0.05, 0) is 36.0 Å². The molecule has 0 radical (unpaired) electrons. The average Bonchev–Trinajstić information content (AvgIpc) is 2.52. The first-order chi connectivity index (χ1) is 11.3. The molecule has 0 saturated heterocycles. The van der Waals surface area contributed by atoms with Gasteiger partial charge in [-0.25, -0.2) is 0 Å². The van der Waals surface area contributed by atoms with Crippen LogP contribution in [0, 0.1) is 5.41 Å². The van der Waals surface area contributed by atoms with Crippen LogP contribution in [0.15, 0.2) is 24.3 Å². The fourth-order valence-electron chi connectivity index (χ4n) is 2.57. The lowest BCUT2D eigenvalue weighted by Gasteiger charge is -2.37. The van der Waals surface area contributed by atoms with Gasteiger partial charge in [-0.2, -0.15) is 17.6 Å². The molecule has 0 aliphatic rings. The van der Waals surface area contributed by atoms with Gasteiger partial charge < -0.3 is 4.74 Å². The third-order valence-corrected chi connectivity index (χ3v) is 5.14. The van der Waals surface area contributed by atoms with Crippen LogP contribution < -0.4 is 4.74 Å². The second-order valence-corrected chi connectivity index (χ2v) is 7.94. The molecule has 0 amide bonds. The standard InChI is InChI=1S/C20H30F4O/c1-7-9-14-17(3,4)15-10-12-16(13-11-15)25-20(23,24)19(21,22)18(5,6)8-2/h10-13H,7-9,14H2,1-6H3. The number of benzene rings is 1. The molecule has 0 aliphatic carbocycles. The summed E-state index contributed by atoms with van der Waals surface area (Å²) in [6.45, 7) is 9.94. The summed E-state index contributed by atoms with van der Waals surface area (Å²) >= 11 is 0. The number of unbranched alkanes of at least 4 members (excludes halogenated alkanes) is 1. The Morgan fingerprint density at radius 2 is 1.40 bits per heavy atom. The molecule has 0 unspecified atom stereocenters. The van der Waals surface area contributed by atoms with Crippen LogP contribution in [0.25, 0.3) is 0 Å². The minimum Gasteiger partial charge on any atom is -0.428 e. The van der Waals surface area contributed by atoms with Gasteiger partial charge in [0.25, 0.3) is 0 Å². The summed E-state index contributed by atoms with van der Waals surface area (Å²) in [5, 5.41) is 0. The summed E-state index contributed by atoms with van der Waals surface area (Å²) < 4.78 is 61.0. The van der Waals surface area contributed by atoms with Crippen molar-refractivity contribution in [1.82, 2.24) is 0 Å². The molecule has 1 aromatic carbocycles. The molecule has 0 heterocycles. The van der Waals surface area contributed by atoms with E-state index in [2.05, 4.69) is 25.5 Å². The quantitative estimate of drug-likeness (QED) is 0.422. The first-order valence-corrected chi connectivity index (χ1v) is 8.86. The van der Waals surface area contributed by atoms with Crippen molar-refractivity contribution in [2.45, 2.75) is 84.7 Å². The number of hydrogen-bond acceptors (Lipinski definition) is 1. The van der Waals surface area contributed by atoms with Crippen molar-refractivity contribution in [2.24, 2.45) is 5.41 Å². The fourth-order valence-corrected chi connectivity index (χ4v) is 2.57. The minimum absolute atomic E-state index is 0.0937. The first kappa shape index (κ1) is 21.8. The van der Waals surface area contributed by atoms with Crippen LogP contribution in [0.3, 0.4) is 0 Å². The summed E-state index contributed by atoms with van der Waals surface area (Å²) in [6, 6.07) is 6.02. The van der Waals surface area contributed by atoms with Crippen LogP contribution in [0.1, 0.15) is 72.8 Å². The van der Waals surface area contributed by atoms with E-state index in [1.165, 1.54) is 19.1 Å². The van der Waals surface area contributed by atoms with Crippen molar-refractivity contribution in [1.29, 1.82) is 0 Å². The van der Waals surface area contributed by atoms with Gasteiger partial charge in [0.1, 0.15) is 5.75 Å². The zero-order valence-corrected chi connectivity index (χ0v) is 16.1. The van der Waals surface area contributed by atoms with Crippen LogP contribution in [-0.4, -0.2) is 12.0 Å². The van der Waals surface area contributed by atoms with Crippen LogP contribution in [0.4, 0.5) is 17.6 Å². The SMILES string of the molecule is CCCCC(C)(C)c1ccc(OC(F)(F)C(F)(F)C(C)(C)CC)cc1. The van der Waals surface area contributed by atoms with Gasteiger partial charge in [-0.1, -0.05) is 66.5 Å².